The molecular weight excluding hydrogens is 727 g/mol. The van der Waals surface area contributed by atoms with Gasteiger partial charge >= 0.3 is 0 Å². The minimum absolute atomic E-state index is 0.617. The molecule has 0 radical (unpaired) electrons. The number of oxazole rings is 1. The quantitative estimate of drug-likeness (QED) is 0.169. The Kier molecular flexibility index (Phi) is 7.37. The van der Waals surface area contributed by atoms with E-state index in [9.17, 15) is 0 Å². The minimum Gasteiger partial charge on any atom is -0.435 e. The number of hydrogen-bond donors (Lipinski definition) is 0. The molecule has 272 valence electrons. The molecule has 9 aromatic carbocycles. The molecule has 3 aromatic heterocycles. The Bertz CT molecular complexity index is 3530. The molecule has 0 aliphatic carbocycles. The molecule has 0 saturated heterocycles. The lowest BCUT2D eigenvalue weighted by molar-refractivity contribution is 0.621. The summed E-state index contributed by atoms with van der Waals surface area (Å²) < 4.78 is 11.5. The van der Waals surface area contributed by atoms with Gasteiger partial charge in [-0.3, -0.25) is 0 Å². The van der Waals surface area contributed by atoms with E-state index in [0.29, 0.717) is 5.89 Å². The summed E-state index contributed by atoms with van der Waals surface area (Å²) >= 11 is 1.85. The second-order valence-electron chi connectivity index (χ2n) is 14.7. The minimum atomic E-state index is 0.617. The molecule has 0 saturated carbocycles. The molecule has 0 atom stereocenters. The van der Waals surface area contributed by atoms with Crippen LogP contribution in [0.2, 0.25) is 0 Å². The van der Waals surface area contributed by atoms with Crippen molar-refractivity contribution in [2.75, 3.05) is 4.90 Å². The van der Waals surface area contributed by atoms with Gasteiger partial charge in [-0.05, 0) is 72.3 Å². The summed E-state index contributed by atoms with van der Waals surface area (Å²) in [4.78, 5) is 7.39. The number of hydrogen-bond acceptors (Lipinski definition) is 4. The molecule has 3 heterocycles. The zero-order valence-electron chi connectivity index (χ0n) is 31.2. The van der Waals surface area contributed by atoms with E-state index in [-0.39, 0.29) is 0 Å². The van der Waals surface area contributed by atoms with Crippen molar-refractivity contribution in [1.29, 1.82) is 0 Å². The maximum Gasteiger partial charge on any atom is 0.227 e. The van der Waals surface area contributed by atoms with Crippen molar-refractivity contribution in [2.24, 2.45) is 0 Å². The third-order valence-corrected chi connectivity index (χ3v) is 12.6. The van der Waals surface area contributed by atoms with Crippen molar-refractivity contribution in [3.8, 4) is 28.3 Å². The van der Waals surface area contributed by atoms with E-state index in [1.54, 1.807) is 0 Å². The molecule has 5 heteroatoms. The Hall–Kier alpha value is -7.47. The topological polar surface area (TPSA) is 34.2 Å². The first kappa shape index (κ1) is 32.7. The Morgan fingerprint density at radius 3 is 2.02 bits per heavy atom. The molecule has 0 aliphatic heterocycles. The van der Waals surface area contributed by atoms with Crippen molar-refractivity contribution in [2.45, 2.75) is 0 Å². The van der Waals surface area contributed by atoms with Crippen molar-refractivity contribution in [3.63, 3.8) is 0 Å². The normalized spacial score (nSPS) is 11.8. The Balaban J connectivity index is 1.15. The number of thiophene rings is 1. The van der Waals surface area contributed by atoms with E-state index in [1.165, 1.54) is 52.8 Å². The fraction of sp³-hybridized carbons (Fsp3) is 0. The third-order valence-electron chi connectivity index (χ3n) is 11.4. The van der Waals surface area contributed by atoms with Crippen molar-refractivity contribution in [1.82, 2.24) is 9.55 Å². The first-order valence-electron chi connectivity index (χ1n) is 19.5. The molecule has 0 spiro atoms. The second-order valence-corrected chi connectivity index (χ2v) is 15.8. The van der Waals surface area contributed by atoms with E-state index < -0.39 is 0 Å². The van der Waals surface area contributed by atoms with Gasteiger partial charge in [0.25, 0.3) is 0 Å². The monoisotopic (exact) mass is 759 g/mol. The van der Waals surface area contributed by atoms with Gasteiger partial charge in [-0.2, -0.15) is 0 Å². The number of aromatic nitrogens is 2. The largest absolute Gasteiger partial charge is 0.435 e. The van der Waals surface area contributed by atoms with Crippen LogP contribution in [-0.4, -0.2) is 9.55 Å². The number of benzene rings is 9. The number of para-hydroxylation sites is 3. The predicted molar refractivity (Wildman–Crippen MR) is 244 cm³/mol. The average molecular weight is 760 g/mol. The van der Waals surface area contributed by atoms with Gasteiger partial charge in [-0.15, -0.1) is 11.3 Å². The molecule has 0 fully saturated rings. The van der Waals surface area contributed by atoms with Gasteiger partial charge in [0.15, 0.2) is 5.58 Å². The van der Waals surface area contributed by atoms with Crippen LogP contribution < -0.4 is 4.90 Å². The van der Waals surface area contributed by atoms with Crippen LogP contribution in [0, 0.1) is 0 Å². The van der Waals surface area contributed by atoms with Gasteiger partial charge in [0, 0.05) is 59.5 Å². The van der Waals surface area contributed by atoms with Gasteiger partial charge in [0.2, 0.25) is 5.89 Å². The second kappa shape index (κ2) is 13.1. The molecule has 0 unspecified atom stereocenters. The highest BCUT2D eigenvalue weighted by Gasteiger charge is 2.24. The first-order chi connectivity index (χ1) is 28.8. The summed E-state index contributed by atoms with van der Waals surface area (Å²) in [5.74, 6) is 0.617. The standard InChI is InChI=1S/C53H33N3OS/c1-3-16-34(17-4-1)53-54-45-28-14-26-38(51(45)57-53)35-18-13-21-37(32-35)55(47-30-15-27-43-41-24-10-12-31-49(41)58-52(43)47)48-33-44-40-23-9-11-29-46(40)56(36-19-5-2-6-20-36)50(44)42-25-8-7-22-39(42)48/h1-33H. The summed E-state index contributed by atoms with van der Waals surface area (Å²) in [6, 6.07) is 71.5. The lowest BCUT2D eigenvalue weighted by atomic mass is 10.00. The van der Waals surface area contributed by atoms with Crippen LogP contribution in [0.1, 0.15) is 0 Å². The fourth-order valence-electron chi connectivity index (χ4n) is 8.84. The van der Waals surface area contributed by atoms with Gasteiger partial charge in [-0.25, -0.2) is 4.98 Å². The lowest BCUT2D eigenvalue weighted by Crippen LogP contribution is -2.11. The molecule has 4 nitrogen and oxygen atoms in total. The molecule has 0 amide bonds. The zero-order valence-corrected chi connectivity index (χ0v) is 32.0. The van der Waals surface area contributed by atoms with E-state index in [2.05, 4.69) is 173 Å². The smallest absolute Gasteiger partial charge is 0.227 e. The number of fused-ring (bicyclic) bond motifs is 9. The van der Waals surface area contributed by atoms with E-state index in [0.717, 1.165) is 50.5 Å². The van der Waals surface area contributed by atoms with Crippen molar-refractivity contribution < 1.29 is 4.42 Å². The van der Waals surface area contributed by atoms with E-state index in [1.807, 2.05) is 47.7 Å². The van der Waals surface area contributed by atoms with Gasteiger partial charge in [-0.1, -0.05) is 133 Å². The highest BCUT2D eigenvalue weighted by atomic mass is 32.1. The van der Waals surface area contributed by atoms with Gasteiger partial charge < -0.3 is 13.9 Å². The molecular formula is C53H33N3OS. The maximum atomic E-state index is 6.56. The summed E-state index contributed by atoms with van der Waals surface area (Å²) in [7, 11) is 0. The number of rotatable bonds is 6. The summed E-state index contributed by atoms with van der Waals surface area (Å²) in [6.45, 7) is 0. The predicted octanol–water partition coefficient (Wildman–Crippen LogP) is 15.2. The molecule has 0 aliphatic rings. The zero-order chi connectivity index (χ0) is 38.2. The molecule has 0 N–H and O–H groups in total. The molecule has 12 rings (SSSR count). The average Bonchev–Trinajstić information content (AvgIpc) is 4.00. The van der Waals surface area contributed by atoms with Crippen molar-refractivity contribution in [3.05, 3.63) is 200 Å². The van der Waals surface area contributed by atoms with Crippen LogP contribution in [0.3, 0.4) is 0 Å². The Morgan fingerprint density at radius 1 is 0.483 bits per heavy atom. The van der Waals surface area contributed by atoms with Crippen LogP contribution in [0.5, 0.6) is 0 Å². The van der Waals surface area contributed by atoms with Crippen LogP contribution in [0.4, 0.5) is 17.1 Å². The third kappa shape index (κ3) is 5.04. The van der Waals surface area contributed by atoms with E-state index in [4.69, 9.17) is 9.40 Å². The van der Waals surface area contributed by atoms with Crippen molar-refractivity contribution >= 4 is 92.2 Å². The van der Waals surface area contributed by atoms with Gasteiger partial charge in [0.05, 0.1) is 27.1 Å². The molecule has 58 heavy (non-hydrogen) atoms. The SMILES string of the molecule is c1ccc(-c2nc3cccc(-c4cccc(N(c5cc6c7ccccc7n(-c7ccccc7)c6c6ccccc56)c5cccc6c5sc5ccccc56)c4)c3o2)cc1. The van der Waals surface area contributed by atoms with Crippen LogP contribution in [-0.2, 0) is 0 Å². The van der Waals surface area contributed by atoms with Crippen LogP contribution in [0.25, 0.3) is 92.1 Å². The highest BCUT2D eigenvalue weighted by Crippen LogP contribution is 2.49. The summed E-state index contributed by atoms with van der Waals surface area (Å²) in [5.41, 5.74) is 11.4. The summed E-state index contributed by atoms with van der Waals surface area (Å²) in [5, 5.41) is 7.31. The Morgan fingerprint density at radius 2 is 1.16 bits per heavy atom. The van der Waals surface area contributed by atoms with Crippen LogP contribution in [0.15, 0.2) is 205 Å². The fourth-order valence-corrected chi connectivity index (χ4v) is 10.0. The lowest BCUT2D eigenvalue weighted by Gasteiger charge is -2.28. The summed E-state index contributed by atoms with van der Waals surface area (Å²) in [6.07, 6.45) is 0. The molecule has 12 aromatic rings. The van der Waals surface area contributed by atoms with E-state index >= 15 is 0 Å². The highest BCUT2D eigenvalue weighted by molar-refractivity contribution is 7.26. The van der Waals surface area contributed by atoms with Gasteiger partial charge in [0.1, 0.15) is 5.52 Å². The maximum absolute atomic E-state index is 6.56. The number of nitrogens with zero attached hydrogens (tertiary/aromatic N) is 3. The van der Waals surface area contributed by atoms with Crippen LogP contribution >= 0.6 is 11.3 Å². The molecule has 0 bridgehead atoms. The Labute approximate surface area is 338 Å². The first-order valence-corrected chi connectivity index (χ1v) is 20.4. The number of anilines is 3.